The number of methoxy groups -OCH3 is 1. The number of anilines is 1. The van der Waals surface area contributed by atoms with E-state index in [9.17, 15) is 14.0 Å². The van der Waals surface area contributed by atoms with E-state index < -0.39 is 17.6 Å². The third-order valence-corrected chi connectivity index (χ3v) is 4.88. The van der Waals surface area contributed by atoms with Gasteiger partial charge in [-0.3, -0.25) is 14.5 Å². The lowest BCUT2D eigenvalue weighted by molar-refractivity contribution is -0.136. The zero-order valence-corrected chi connectivity index (χ0v) is 16.3. The minimum atomic E-state index is -0.433. The van der Waals surface area contributed by atoms with E-state index in [1.54, 1.807) is 19.2 Å². The molecule has 146 valence electrons. The van der Waals surface area contributed by atoms with E-state index in [2.05, 4.69) is 5.32 Å². The van der Waals surface area contributed by atoms with Crippen LogP contribution in [0.2, 0.25) is 5.02 Å². The molecule has 3 rings (SSSR count). The van der Waals surface area contributed by atoms with Crippen LogP contribution in [0.25, 0.3) is 5.57 Å². The number of rotatable bonds is 7. The molecule has 2 aromatic carbocycles. The quantitative estimate of drug-likeness (QED) is 0.561. The molecule has 1 N–H and O–H groups in total. The van der Waals surface area contributed by atoms with Crippen molar-refractivity contribution in [3.8, 4) is 0 Å². The van der Waals surface area contributed by atoms with Crippen LogP contribution in [-0.2, 0) is 14.3 Å². The fraction of sp³-hybridized carbons (Fsp3) is 0.238. The third-order valence-electron chi connectivity index (χ3n) is 4.47. The predicted molar refractivity (Wildman–Crippen MR) is 106 cm³/mol. The highest BCUT2D eigenvalue weighted by atomic mass is 35.5. The molecule has 7 heteroatoms. The molecule has 28 heavy (non-hydrogen) atoms. The average molecular weight is 403 g/mol. The number of nitrogens with one attached hydrogen (secondary N) is 1. The Morgan fingerprint density at radius 2 is 1.82 bits per heavy atom. The van der Waals surface area contributed by atoms with Gasteiger partial charge in [-0.25, -0.2) is 4.39 Å². The molecule has 0 fully saturated rings. The summed E-state index contributed by atoms with van der Waals surface area (Å²) < 4.78 is 18.3. The minimum absolute atomic E-state index is 0.147. The summed E-state index contributed by atoms with van der Waals surface area (Å²) in [5.74, 6) is -1.27. The minimum Gasteiger partial charge on any atom is -0.385 e. The van der Waals surface area contributed by atoms with Gasteiger partial charge in [-0.05, 0) is 48.7 Å². The third kappa shape index (κ3) is 4.08. The number of ether oxygens (including phenoxy) is 1. The van der Waals surface area contributed by atoms with Gasteiger partial charge < -0.3 is 10.1 Å². The number of imide groups is 1. The van der Waals surface area contributed by atoms with E-state index in [1.165, 1.54) is 29.2 Å². The number of amides is 2. The number of benzene rings is 2. The summed E-state index contributed by atoms with van der Waals surface area (Å²) in [4.78, 5) is 27.1. The first-order valence-corrected chi connectivity index (χ1v) is 9.18. The van der Waals surface area contributed by atoms with Crippen molar-refractivity contribution >= 4 is 34.7 Å². The van der Waals surface area contributed by atoms with Crippen molar-refractivity contribution in [3.05, 3.63) is 70.1 Å². The first-order valence-electron chi connectivity index (χ1n) is 8.81. The first-order chi connectivity index (χ1) is 13.4. The number of hydrogen-bond acceptors (Lipinski definition) is 4. The SMILES string of the molecule is COCCCN1C(=O)C(Nc2ccc(C)c(Cl)c2)=C(c2ccc(F)cc2)C1=O. The zero-order chi connectivity index (χ0) is 20.3. The highest BCUT2D eigenvalue weighted by Crippen LogP contribution is 2.31. The molecule has 1 aliphatic rings. The van der Waals surface area contributed by atoms with Crippen molar-refractivity contribution in [2.45, 2.75) is 13.3 Å². The van der Waals surface area contributed by atoms with Crippen LogP contribution in [0.15, 0.2) is 48.2 Å². The van der Waals surface area contributed by atoms with Crippen LogP contribution in [0.3, 0.4) is 0 Å². The van der Waals surface area contributed by atoms with Crippen LogP contribution in [0.1, 0.15) is 17.5 Å². The maximum Gasteiger partial charge on any atom is 0.278 e. The van der Waals surface area contributed by atoms with Crippen LogP contribution in [0.4, 0.5) is 10.1 Å². The molecule has 0 radical (unpaired) electrons. The maximum absolute atomic E-state index is 13.3. The van der Waals surface area contributed by atoms with Gasteiger partial charge in [0.05, 0.1) is 5.57 Å². The summed E-state index contributed by atoms with van der Waals surface area (Å²) in [5, 5.41) is 3.57. The van der Waals surface area contributed by atoms with Crippen molar-refractivity contribution in [2.24, 2.45) is 0 Å². The smallest absolute Gasteiger partial charge is 0.278 e. The van der Waals surface area contributed by atoms with E-state index in [4.69, 9.17) is 16.3 Å². The predicted octanol–water partition coefficient (Wildman–Crippen LogP) is 4.02. The van der Waals surface area contributed by atoms with Gasteiger partial charge in [0.15, 0.2) is 0 Å². The van der Waals surface area contributed by atoms with Gasteiger partial charge in [0.25, 0.3) is 11.8 Å². The lowest BCUT2D eigenvalue weighted by atomic mass is 10.0. The normalized spacial score (nSPS) is 14.2. The average Bonchev–Trinajstić information content (AvgIpc) is 2.90. The van der Waals surface area contributed by atoms with E-state index >= 15 is 0 Å². The fourth-order valence-electron chi connectivity index (χ4n) is 2.96. The van der Waals surface area contributed by atoms with E-state index in [-0.39, 0.29) is 17.8 Å². The van der Waals surface area contributed by atoms with Crippen molar-refractivity contribution in [2.75, 3.05) is 25.6 Å². The zero-order valence-electron chi connectivity index (χ0n) is 15.6. The molecule has 1 heterocycles. The first kappa shape index (κ1) is 20.0. The number of hydrogen-bond donors (Lipinski definition) is 1. The maximum atomic E-state index is 13.3. The van der Waals surface area contributed by atoms with Gasteiger partial charge in [-0.1, -0.05) is 29.8 Å². The van der Waals surface area contributed by atoms with Gasteiger partial charge in [-0.2, -0.15) is 0 Å². The Bertz CT molecular complexity index is 941. The van der Waals surface area contributed by atoms with Crippen LogP contribution in [-0.4, -0.2) is 37.0 Å². The Morgan fingerprint density at radius 3 is 2.46 bits per heavy atom. The lowest BCUT2D eigenvalue weighted by Gasteiger charge is -2.15. The number of carbonyl (C=O) groups is 2. The molecule has 0 atom stereocenters. The molecular weight excluding hydrogens is 383 g/mol. The molecule has 0 saturated carbocycles. The van der Waals surface area contributed by atoms with Crippen molar-refractivity contribution in [1.82, 2.24) is 4.90 Å². The number of carbonyl (C=O) groups excluding carboxylic acids is 2. The Kier molecular flexibility index (Phi) is 6.11. The molecule has 0 saturated heterocycles. The molecule has 0 aliphatic carbocycles. The molecule has 0 aromatic heterocycles. The number of nitrogens with zero attached hydrogens (tertiary/aromatic N) is 1. The Balaban J connectivity index is 1.99. The Morgan fingerprint density at radius 1 is 1.11 bits per heavy atom. The van der Waals surface area contributed by atoms with Crippen molar-refractivity contribution in [3.63, 3.8) is 0 Å². The van der Waals surface area contributed by atoms with Gasteiger partial charge in [-0.15, -0.1) is 0 Å². The summed E-state index contributed by atoms with van der Waals surface area (Å²) >= 11 is 6.17. The molecule has 2 aromatic rings. The van der Waals surface area contributed by atoms with E-state index in [0.29, 0.717) is 29.3 Å². The van der Waals surface area contributed by atoms with Gasteiger partial charge >= 0.3 is 0 Å². The summed E-state index contributed by atoms with van der Waals surface area (Å²) in [6, 6.07) is 10.8. The van der Waals surface area contributed by atoms with Crippen LogP contribution >= 0.6 is 11.6 Å². The van der Waals surface area contributed by atoms with Crippen LogP contribution in [0, 0.1) is 12.7 Å². The van der Waals surface area contributed by atoms with Gasteiger partial charge in [0.1, 0.15) is 11.5 Å². The molecular formula is C21H20ClFN2O3. The second kappa shape index (κ2) is 8.54. The summed E-state index contributed by atoms with van der Waals surface area (Å²) in [6.45, 7) is 2.53. The summed E-state index contributed by atoms with van der Waals surface area (Å²) in [6.07, 6.45) is 0.522. The van der Waals surface area contributed by atoms with E-state index in [0.717, 1.165) is 5.56 Å². The molecule has 2 amide bonds. The molecule has 1 aliphatic heterocycles. The highest BCUT2D eigenvalue weighted by molar-refractivity contribution is 6.36. The molecule has 0 spiro atoms. The Hall–Kier alpha value is -2.70. The second-order valence-corrected chi connectivity index (χ2v) is 6.86. The second-order valence-electron chi connectivity index (χ2n) is 6.45. The summed E-state index contributed by atoms with van der Waals surface area (Å²) in [7, 11) is 1.56. The number of halogens is 2. The molecule has 5 nitrogen and oxygen atoms in total. The monoisotopic (exact) mass is 402 g/mol. The lowest BCUT2D eigenvalue weighted by Crippen LogP contribution is -2.33. The van der Waals surface area contributed by atoms with E-state index in [1.807, 2.05) is 13.0 Å². The molecule has 0 unspecified atom stereocenters. The van der Waals surface area contributed by atoms with Crippen molar-refractivity contribution < 1.29 is 18.7 Å². The standard InChI is InChI=1S/C21H20ClFN2O3/c1-13-4-9-16(12-17(13)22)24-19-18(14-5-7-15(23)8-6-14)20(26)25(21(19)27)10-3-11-28-2/h4-9,12,24H,3,10-11H2,1-2H3. The highest BCUT2D eigenvalue weighted by Gasteiger charge is 2.38. The van der Waals surface area contributed by atoms with Crippen LogP contribution < -0.4 is 5.32 Å². The summed E-state index contributed by atoms with van der Waals surface area (Å²) in [5.41, 5.74) is 2.31. The number of aryl methyl sites for hydroxylation is 1. The fourth-order valence-corrected chi connectivity index (χ4v) is 3.14. The molecule has 0 bridgehead atoms. The topological polar surface area (TPSA) is 58.6 Å². The van der Waals surface area contributed by atoms with Gasteiger partial charge in [0.2, 0.25) is 0 Å². The largest absolute Gasteiger partial charge is 0.385 e. The Labute approximate surface area is 167 Å². The van der Waals surface area contributed by atoms with Crippen LogP contribution in [0.5, 0.6) is 0 Å². The van der Waals surface area contributed by atoms with Crippen molar-refractivity contribution in [1.29, 1.82) is 0 Å². The van der Waals surface area contributed by atoms with Gasteiger partial charge in [0, 0.05) is 31.0 Å².